The minimum absolute atomic E-state index is 0.225. The summed E-state index contributed by atoms with van der Waals surface area (Å²) in [6.45, 7) is 2.05. The average molecular weight is 306 g/mol. The van der Waals surface area contributed by atoms with Gasteiger partial charge in [0.25, 0.3) is 0 Å². The topological polar surface area (TPSA) is 29.5 Å². The Morgan fingerprint density at radius 3 is 2.67 bits per heavy atom. The highest BCUT2D eigenvalue weighted by molar-refractivity contribution is 7.99. The molecule has 0 heterocycles. The predicted molar refractivity (Wildman–Crippen MR) is 84.6 cm³/mol. The van der Waals surface area contributed by atoms with E-state index in [0.717, 1.165) is 10.5 Å². The molecular weight excluding hydrogens is 287 g/mol. The van der Waals surface area contributed by atoms with E-state index < -0.39 is 11.9 Å². The van der Waals surface area contributed by atoms with Gasteiger partial charge in [-0.05, 0) is 42.7 Å². The van der Waals surface area contributed by atoms with Gasteiger partial charge in [-0.25, -0.2) is 4.39 Å². The van der Waals surface area contributed by atoms with Crippen LogP contribution in [0.3, 0.4) is 0 Å². The Balaban J connectivity index is 1.91. The molecule has 0 radical (unpaired) electrons. The maximum atomic E-state index is 13.6. The van der Waals surface area contributed by atoms with Crippen molar-refractivity contribution in [2.45, 2.75) is 24.3 Å². The van der Waals surface area contributed by atoms with E-state index in [9.17, 15) is 9.50 Å². The first-order valence-corrected chi connectivity index (χ1v) is 7.77. The highest BCUT2D eigenvalue weighted by Gasteiger charge is 2.10. The second-order valence-corrected chi connectivity index (χ2v) is 5.97. The molecule has 0 saturated carbocycles. The van der Waals surface area contributed by atoms with Crippen LogP contribution in [0.15, 0.2) is 47.4 Å². The van der Waals surface area contributed by atoms with Crippen LogP contribution in [0.2, 0.25) is 0 Å². The van der Waals surface area contributed by atoms with Gasteiger partial charge in [0.2, 0.25) is 0 Å². The van der Waals surface area contributed by atoms with Crippen molar-refractivity contribution in [2.24, 2.45) is 0 Å². The zero-order chi connectivity index (χ0) is 15.2. The van der Waals surface area contributed by atoms with E-state index in [1.165, 1.54) is 18.7 Å². The van der Waals surface area contributed by atoms with Gasteiger partial charge in [0.15, 0.2) is 11.6 Å². The summed E-state index contributed by atoms with van der Waals surface area (Å²) in [5, 5.41) is 10.1. The molecule has 1 N–H and O–H groups in total. The fourth-order valence-electron chi connectivity index (χ4n) is 2.07. The van der Waals surface area contributed by atoms with Gasteiger partial charge >= 0.3 is 0 Å². The van der Waals surface area contributed by atoms with Crippen molar-refractivity contribution in [2.75, 3.05) is 12.9 Å². The highest BCUT2D eigenvalue weighted by Crippen LogP contribution is 2.24. The lowest BCUT2D eigenvalue weighted by Crippen LogP contribution is -2.13. The molecule has 2 aromatic carbocycles. The Kier molecular flexibility index (Phi) is 5.65. The molecular formula is C17H19FO2S. The maximum Gasteiger partial charge on any atom is 0.165 e. The molecule has 2 aromatic rings. The lowest BCUT2D eigenvalue weighted by Gasteiger charge is -2.12. The lowest BCUT2D eigenvalue weighted by atomic mass is 10.1. The van der Waals surface area contributed by atoms with E-state index >= 15 is 0 Å². The van der Waals surface area contributed by atoms with Crippen LogP contribution >= 0.6 is 11.8 Å². The molecule has 0 aliphatic heterocycles. The molecule has 0 aromatic heterocycles. The number of aliphatic hydroxyl groups is 1. The van der Waals surface area contributed by atoms with Gasteiger partial charge in [0.1, 0.15) is 0 Å². The molecule has 2 rings (SSSR count). The van der Waals surface area contributed by atoms with Crippen molar-refractivity contribution < 1.29 is 14.2 Å². The molecule has 0 bridgehead atoms. The van der Waals surface area contributed by atoms with Gasteiger partial charge in [-0.3, -0.25) is 0 Å². The Hall–Kier alpha value is -1.52. The van der Waals surface area contributed by atoms with Gasteiger partial charge < -0.3 is 9.84 Å². The number of aryl methyl sites for hydroxylation is 1. The molecule has 0 amide bonds. The fourth-order valence-corrected chi connectivity index (χ4v) is 3.03. The van der Waals surface area contributed by atoms with Crippen molar-refractivity contribution in [1.82, 2.24) is 0 Å². The van der Waals surface area contributed by atoms with Crippen LogP contribution in [0.25, 0.3) is 0 Å². The number of hydrogen-bond acceptors (Lipinski definition) is 3. The standard InChI is InChI=1S/C17H19FO2S/c1-12-5-3-4-6-17(12)21-11-14(19)9-13-7-8-16(20-2)15(18)10-13/h3-8,10,14,19H,9,11H2,1-2H3. The van der Waals surface area contributed by atoms with E-state index in [2.05, 4.69) is 0 Å². The third-order valence-corrected chi connectivity index (χ3v) is 4.53. The Labute approximate surface area is 129 Å². The number of methoxy groups -OCH3 is 1. The van der Waals surface area contributed by atoms with Crippen LogP contribution in [-0.2, 0) is 6.42 Å². The molecule has 2 nitrogen and oxygen atoms in total. The molecule has 0 aliphatic carbocycles. The van der Waals surface area contributed by atoms with E-state index in [-0.39, 0.29) is 5.75 Å². The van der Waals surface area contributed by atoms with Crippen LogP contribution in [0.5, 0.6) is 5.75 Å². The average Bonchev–Trinajstić information content (AvgIpc) is 2.46. The SMILES string of the molecule is COc1ccc(CC(O)CSc2ccccc2C)cc1F. The van der Waals surface area contributed by atoms with E-state index in [1.807, 2.05) is 31.2 Å². The second kappa shape index (κ2) is 7.48. The van der Waals surface area contributed by atoms with Crippen molar-refractivity contribution in [1.29, 1.82) is 0 Å². The van der Waals surface area contributed by atoms with Crippen molar-refractivity contribution in [3.8, 4) is 5.75 Å². The minimum atomic E-state index is -0.512. The first-order chi connectivity index (χ1) is 10.1. The first-order valence-electron chi connectivity index (χ1n) is 6.79. The quantitative estimate of drug-likeness (QED) is 0.822. The van der Waals surface area contributed by atoms with Crippen molar-refractivity contribution in [3.05, 3.63) is 59.4 Å². The zero-order valence-corrected chi connectivity index (χ0v) is 13.0. The van der Waals surface area contributed by atoms with Gasteiger partial charge in [0.05, 0.1) is 13.2 Å². The number of halogens is 1. The predicted octanol–water partition coefficient (Wildman–Crippen LogP) is 3.84. The summed E-state index contributed by atoms with van der Waals surface area (Å²) in [5.41, 5.74) is 1.97. The van der Waals surface area contributed by atoms with Gasteiger partial charge in [-0.2, -0.15) is 0 Å². The van der Waals surface area contributed by atoms with Gasteiger partial charge in [-0.15, -0.1) is 11.8 Å². The molecule has 0 aliphatic rings. The Morgan fingerprint density at radius 1 is 1.24 bits per heavy atom. The maximum absolute atomic E-state index is 13.6. The lowest BCUT2D eigenvalue weighted by molar-refractivity contribution is 0.200. The normalized spacial score (nSPS) is 12.2. The molecule has 1 unspecified atom stereocenters. The monoisotopic (exact) mass is 306 g/mol. The largest absolute Gasteiger partial charge is 0.494 e. The Bertz CT molecular complexity index is 601. The number of rotatable bonds is 6. The Morgan fingerprint density at radius 2 is 2.00 bits per heavy atom. The third-order valence-electron chi connectivity index (χ3n) is 3.21. The van der Waals surface area contributed by atoms with Crippen molar-refractivity contribution >= 4 is 11.8 Å². The number of ether oxygens (including phenoxy) is 1. The molecule has 21 heavy (non-hydrogen) atoms. The third kappa shape index (κ3) is 4.48. The smallest absolute Gasteiger partial charge is 0.165 e. The van der Waals surface area contributed by atoms with Crippen LogP contribution in [-0.4, -0.2) is 24.1 Å². The van der Waals surface area contributed by atoms with Crippen LogP contribution < -0.4 is 4.74 Å². The first kappa shape index (κ1) is 15.9. The van der Waals surface area contributed by atoms with Crippen molar-refractivity contribution in [3.63, 3.8) is 0 Å². The van der Waals surface area contributed by atoms with Crippen LogP contribution in [0.4, 0.5) is 4.39 Å². The summed E-state index contributed by atoms with van der Waals surface area (Å²) < 4.78 is 18.5. The number of thioether (sulfide) groups is 1. The van der Waals surface area contributed by atoms with Gasteiger partial charge in [0, 0.05) is 10.6 Å². The summed E-state index contributed by atoms with van der Waals surface area (Å²) in [6, 6.07) is 12.9. The summed E-state index contributed by atoms with van der Waals surface area (Å²) in [6.07, 6.45) is -0.0813. The van der Waals surface area contributed by atoms with E-state index in [4.69, 9.17) is 4.74 Å². The van der Waals surface area contributed by atoms with E-state index in [0.29, 0.717) is 12.2 Å². The molecule has 112 valence electrons. The fraction of sp³-hybridized carbons (Fsp3) is 0.294. The number of benzene rings is 2. The summed E-state index contributed by atoms with van der Waals surface area (Å²) in [7, 11) is 1.44. The molecule has 0 saturated heterocycles. The second-order valence-electron chi connectivity index (χ2n) is 4.90. The minimum Gasteiger partial charge on any atom is -0.494 e. The zero-order valence-electron chi connectivity index (χ0n) is 12.2. The van der Waals surface area contributed by atoms with Crippen LogP contribution in [0.1, 0.15) is 11.1 Å². The number of hydrogen-bond donors (Lipinski definition) is 1. The summed E-state index contributed by atoms with van der Waals surface area (Å²) >= 11 is 1.62. The molecule has 0 spiro atoms. The van der Waals surface area contributed by atoms with E-state index in [1.54, 1.807) is 23.9 Å². The molecule has 0 fully saturated rings. The molecule has 4 heteroatoms. The highest BCUT2D eigenvalue weighted by atomic mass is 32.2. The summed E-state index contributed by atoms with van der Waals surface area (Å²) in [4.78, 5) is 1.16. The van der Waals surface area contributed by atoms with Crippen LogP contribution in [0, 0.1) is 12.7 Å². The number of aliphatic hydroxyl groups excluding tert-OH is 1. The van der Waals surface area contributed by atoms with Gasteiger partial charge in [-0.1, -0.05) is 24.3 Å². The summed E-state index contributed by atoms with van der Waals surface area (Å²) in [5.74, 6) is 0.412. The molecule has 1 atom stereocenters.